The fourth-order valence-corrected chi connectivity index (χ4v) is 4.08. The van der Waals surface area contributed by atoms with Gasteiger partial charge in [-0.2, -0.15) is 4.31 Å². The van der Waals surface area contributed by atoms with Crippen LogP contribution in [0.3, 0.4) is 0 Å². The molecule has 2 amide bonds. The van der Waals surface area contributed by atoms with Crippen LogP contribution >= 0.6 is 11.6 Å². The number of rotatable bonds is 10. The largest absolute Gasteiger partial charge is 0.350 e. The SMILES string of the molecule is CN(CC(=O)N(Cc1ccccc1)[C@H](C(=O)NCc1ccccc1Cl)c1ccccc1)S(C)(=O)=O. The summed E-state index contributed by atoms with van der Waals surface area (Å²) in [5, 5.41) is 3.42. The van der Waals surface area contributed by atoms with Crippen LogP contribution in [0, 0.1) is 0 Å². The Bertz CT molecular complexity index is 1250. The van der Waals surface area contributed by atoms with Crippen LogP contribution in [0.2, 0.25) is 5.02 Å². The van der Waals surface area contributed by atoms with Crippen molar-refractivity contribution >= 4 is 33.4 Å². The molecule has 0 radical (unpaired) electrons. The molecular formula is C26H28ClN3O4S. The number of carbonyl (C=O) groups is 2. The number of likely N-dealkylation sites (N-methyl/N-ethyl adjacent to an activating group) is 1. The third kappa shape index (κ3) is 7.39. The highest BCUT2D eigenvalue weighted by molar-refractivity contribution is 7.88. The molecule has 7 nitrogen and oxygen atoms in total. The Kier molecular flexibility index (Phi) is 9.03. The Morgan fingerprint density at radius 3 is 2.09 bits per heavy atom. The molecule has 0 unspecified atom stereocenters. The highest BCUT2D eigenvalue weighted by Gasteiger charge is 2.32. The molecule has 35 heavy (non-hydrogen) atoms. The maximum atomic E-state index is 13.6. The maximum absolute atomic E-state index is 13.6. The van der Waals surface area contributed by atoms with Crippen molar-refractivity contribution in [3.8, 4) is 0 Å². The van der Waals surface area contributed by atoms with E-state index in [0.717, 1.165) is 21.7 Å². The van der Waals surface area contributed by atoms with Crippen LogP contribution in [0.5, 0.6) is 0 Å². The van der Waals surface area contributed by atoms with Crippen molar-refractivity contribution in [2.24, 2.45) is 0 Å². The van der Waals surface area contributed by atoms with Gasteiger partial charge in [-0.3, -0.25) is 9.59 Å². The predicted molar refractivity (Wildman–Crippen MR) is 137 cm³/mol. The van der Waals surface area contributed by atoms with Crippen LogP contribution in [-0.2, 0) is 32.7 Å². The Balaban J connectivity index is 1.97. The molecule has 3 aromatic rings. The van der Waals surface area contributed by atoms with Crippen LogP contribution in [0.25, 0.3) is 0 Å². The number of carbonyl (C=O) groups excluding carboxylic acids is 2. The fraction of sp³-hybridized carbons (Fsp3) is 0.231. The maximum Gasteiger partial charge on any atom is 0.247 e. The van der Waals surface area contributed by atoms with Gasteiger partial charge >= 0.3 is 0 Å². The van der Waals surface area contributed by atoms with Crippen molar-refractivity contribution < 1.29 is 18.0 Å². The molecule has 0 saturated carbocycles. The molecule has 3 rings (SSSR count). The van der Waals surface area contributed by atoms with Crippen molar-refractivity contribution in [2.75, 3.05) is 19.8 Å². The lowest BCUT2D eigenvalue weighted by Gasteiger charge is -2.32. The van der Waals surface area contributed by atoms with Gasteiger partial charge in [-0.1, -0.05) is 90.5 Å². The van der Waals surface area contributed by atoms with Gasteiger partial charge in [-0.25, -0.2) is 8.42 Å². The number of halogens is 1. The number of nitrogens with zero attached hydrogens (tertiary/aromatic N) is 2. The molecular weight excluding hydrogens is 486 g/mol. The second kappa shape index (κ2) is 12.0. The van der Waals surface area contributed by atoms with Gasteiger partial charge in [0.15, 0.2) is 0 Å². The molecule has 1 N–H and O–H groups in total. The van der Waals surface area contributed by atoms with Gasteiger partial charge in [0.1, 0.15) is 6.04 Å². The molecule has 1 atom stereocenters. The molecule has 0 saturated heterocycles. The van der Waals surface area contributed by atoms with Crippen LogP contribution < -0.4 is 5.32 Å². The zero-order valence-corrected chi connectivity index (χ0v) is 21.2. The van der Waals surface area contributed by atoms with E-state index >= 15 is 0 Å². The van der Waals surface area contributed by atoms with Gasteiger partial charge in [0.2, 0.25) is 21.8 Å². The second-order valence-electron chi connectivity index (χ2n) is 8.15. The van der Waals surface area contributed by atoms with Crippen LogP contribution in [0.4, 0.5) is 0 Å². The number of amides is 2. The first-order valence-electron chi connectivity index (χ1n) is 11.0. The average Bonchev–Trinajstić information content (AvgIpc) is 2.84. The Hall–Kier alpha value is -3.20. The molecule has 0 bridgehead atoms. The van der Waals surface area contributed by atoms with Crippen LogP contribution in [0.15, 0.2) is 84.9 Å². The standard InChI is InChI=1S/C26H28ClN3O4S/c1-29(35(2,33)34)19-24(31)30(18-20-11-5-3-6-12-20)25(21-13-7-4-8-14-21)26(32)28-17-22-15-9-10-16-23(22)27/h3-16,25H,17-19H2,1-2H3,(H,28,32)/t25-/m0/s1. The van der Waals surface area contributed by atoms with Crippen molar-refractivity contribution in [2.45, 2.75) is 19.1 Å². The predicted octanol–water partition coefficient (Wildman–Crippen LogP) is 3.62. The zero-order valence-electron chi connectivity index (χ0n) is 19.6. The molecule has 0 aliphatic carbocycles. The van der Waals surface area contributed by atoms with Gasteiger partial charge in [-0.05, 0) is 22.8 Å². The molecule has 0 spiro atoms. The van der Waals surface area contributed by atoms with E-state index in [1.165, 1.54) is 11.9 Å². The molecule has 3 aromatic carbocycles. The summed E-state index contributed by atoms with van der Waals surface area (Å²) in [6.07, 6.45) is 1.03. The average molecular weight is 514 g/mol. The molecule has 0 aromatic heterocycles. The molecule has 9 heteroatoms. The summed E-state index contributed by atoms with van der Waals surface area (Å²) in [6, 6.07) is 24.4. The van der Waals surface area contributed by atoms with E-state index in [1.807, 2.05) is 48.5 Å². The van der Waals surface area contributed by atoms with Gasteiger partial charge in [0.25, 0.3) is 0 Å². The van der Waals surface area contributed by atoms with E-state index < -0.39 is 34.4 Å². The molecule has 184 valence electrons. The molecule has 0 aliphatic heterocycles. The minimum atomic E-state index is -3.60. The first-order chi connectivity index (χ1) is 16.7. The van der Waals surface area contributed by atoms with Crippen molar-refractivity contribution in [1.29, 1.82) is 0 Å². The summed E-state index contributed by atoms with van der Waals surface area (Å²) in [4.78, 5) is 28.4. The van der Waals surface area contributed by atoms with Crippen molar-refractivity contribution in [1.82, 2.24) is 14.5 Å². The minimum Gasteiger partial charge on any atom is -0.350 e. The van der Waals surface area contributed by atoms with E-state index in [4.69, 9.17) is 11.6 Å². The van der Waals surface area contributed by atoms with Gasteiger partial charge in [-0.15, -0.1) is 0 Å². The number of benzene rings is 3. The smallest absolute Gasteiger partial charge is 0.247 e. The topological polar surface area (TPSA) is 86.8 Å². The monoisotopic (exact) mass is 513 g/mol. The summed E-state index contributed by atoms with van der Waals surface area (Å²) in [6.45, 7) is -0.0956. The fourth-order valence-electron chi connectivity index (χ4n) is 3.53. The summed E-state index contributed by atoms with van der Waals surface area (Å²) < 4.78 is 24.9. The Morgan fingerprint density at radius 2 is 1.49 bits per heavy atom. The lowest BCUT2D eigenvalue weighted by atomic mass is 10.0. The second-order valence-corrected chi connectivity index (χ2v) is 10.6. The molecule has 0 aliphatic rings. The highest BCUT2D eigenvalue weighted by Crippen LogP contribution is 2.25. The number of sulfonamides is 1. The van der Waals surface area contributed by atoms with E-state index in [-0.39, 0.29) is 13.1 Å². The van der Waals surface area contributed by atoms with Crippen LogP contribution in [-0.4, -0.2) is 49.3 Å². The highest BCUT2D eigenvalue weighted by atomic mass is 35.5. The third-order valence-electron chi connectivity index (χ3n) is 5.53. The quantitative estimate of drug-likeness (QED) is 0.448. The van der Waals surface area contributed by atoms with E-state index in [9.17, 15) is 18.0 Å². The molecule has 0 heterocycles. The van der Waals surface area contributed by atoms with Gasteiger partial charge in [0.05, 0.1) is 12.8 Å². The van der Waals surface area contributed by atoms with E-state index in [2.05, 4.69) is 5.32 Å². The Labute approximate surface area is 211 Å². The van der Waals surface area contributed by atoms with Gasteiger partial charge in [0, 0.05) is 25.2 Å². The number of hydrogen-bond acceptors (Lipinski definition) is 4. The molecule has 0 fully saturated rings. The van der Waals surface area contributed by atoms with E-state index in [0.29, 0.717) is 10.6 Å². The van der Waals surface area contributed by atoms with Crippen molar-refractivity contribution in [3.05, 3.63) is 107 Å². The summed E-state index contributed by atoms with van der Waals surface area (Å²) in [5.41, 5.74) is 2.16. The van der Waals surface area contributed by atoms with Crippen molar-refractivity contribution in [3.63, 3.8) is 0 Å². The summed E-state index contributed by atoms with van der Waals surface area (Å²) >= 11 is 6.25. The number of nitrogens with one attached hydrogen (secondary N) is 1. The number of hydrogen-bond donors (Lipinski definition) is 1. The lowest BCUT2D eigenvalue weighted by Crippen LogP contribution is -2.47. The minimum absolute atomic E-state index is 0.121. The van der Waals surface area contributed by atoms with E-state index in [1.54, 1.807) is 36.4 Å². The van der Waals surface area contributed by atoms with Gasteiger partial charge < -0.3 is 10.2 Å². The first-order valence-corrected chi connectivity index (χ1v) is 13.2. The Morgan fingerprint density at radius 1 is 0.914 bits per heavy atom. The lowest BCUT2D eigenvalue weighted by molar-refractivity contribution is -0.141. The third-order valence-corrected chi connectivity index (χ3v) is 7.16. The van der Waals surface area contributed by atoms with Crippen LogP contribution in [0.1, 0.15) is 22.7 Å². The summed E-state index contributed by atoms with van der Waals surface area (Å²) in [5.74, 6) is -0.897. The first kappa shape index (κ1) is 26.4. The normalized spacial score (nSPS) is 12.2. The zero-order chi connectivity index (χ0) is 25.4. The summed E-state index contributed by atoms with van der Waals surface area (Å²) in [7, 11) is -2.26.